The van der Waals surface area contributed by atoms with Gasteiger partial charge >= 0.3 is 0 Å². The molecular weight excluding hydrogens is 322 g/mol. The average molecular weight is 340 g/mol. The first kappa shape index (κ1) is 15.4. The number of hydrogen-bond acceptors (Lipinski definition) is 4. The van der Waals surface area contributed by atoms with E-state index >= 15 is 0 Å². The van der Waals surface area contributed by atoms with E-state index in [-0.39, 0.29) is 5.91 Å². The van der Waals surface area contributed by atoms with Gasteiger partial charge in [0.15, 0.2) is 5.69 Å². The zero-order valence-electron chi connectivity index (χ0n) is 12.6. The minimum absolute atomic E-state index is 0.117. The summed E-state index contributed by atoms with van der Waals surface area (Å²) in [5.41, 5.74) is 3.68. The van der Waals surface area contributed by atoms with E-state index in [1.165, 1.54) is 0 Å². The fourth-order valence-electron chi connectivity index (χ4n) is 2.69. The molecule has 0 aromatic carbocycles. The van der Waals surface area contributed by atoms with E-state index in [0.29, 0.717) is 23.8 Å². The van der Waals surface area contributed by atoms with Crippen LogP contribution in [0.2, 0.25) is 5.02 Å². The summed E-state index contributed by atoms with van der Waals surface area (Å²) in [5, 5.41) is 12.1. The quantitative estimate of drug-likeness (QED) is 0.924. The second-order valence-electron chi connectivity index (χ2n) is 5.35. The monoisotopic (exact) mass is 339 g/mol. The summed E-state index contributed by atoms with van der Waals surface area (Å²) in [6, 6.07) is 0. The highest BCUT2D eigenvalue weighted by molar-refractivity contribution is 7.98. The molecule has 0 unspecified atom stereocenters. The lowest BCUT2D eigenvalue weighted by molar-refractivity contribution is 0.0727. The molecule has 22 heavy (non-hydrogen) atoms. The van der Waals surface area contributed by atoms with Crippen molar-refractivity contribution in [3.8, 4) is 0 Å². The Bertz CT molecular complexity index is 695. The molecule has 1 amide bonds. The minimum Gasteiger partial charge on any atom is -0.332 e. The molecule has 6 nitrogen and oxygen atoms in total. The van der Waals surface area contributed by atoms with Gasteiger partial charge in [-0.2, -0.15) is 22.0 Å². The molecule has 0 bridgehead atoms. The van der Waals surface area contributed by atoms with Crippen LogP contribution in [0.3, 0.4) is 0 Å². The van der Waals surface area contributed by atoms with E-state index in [0.717, 1.165) is 35.5 Å². The fourth-order valence-corrected chi connectivity index (χ4v) is 3.34. The summed E-state index contributed by atoms with van der Waals surface area (Å²) >= 11 is 7.88. The number of thioether (sulfide) groups is 1. The third kappa shape index (κ3) is 2.87. The van der Waals surface area contributed by atoms with Gasteiger partial charge in [0, 0.05) is 50.4 Å². The number of H-pyrrole nitrogens is 1. The number of carbonyl (C=O) groups is 1. The molecule has 0 fully saturated rings. The number of aromatic amines is 1. The van der Waals surface area contributed by atoms with Crippen molar-refractivity contribution < 1.29 is 4.79 Å². The maximum atomic E-state index is 12.6. The largest absolute Gasteiger partial charge is 0.332 e. The van der Waals surface area contributed by atoms with E-state index in [1.54, 1.807) is 34.6 Å². The molecule has 0 radical (unpaired) electrons. The van der Waals surface area contributed by atoms with Crippen LogP contribution in [0.25, 0.3) is 0 Å². The Labute approximate surface area is 138 Å². The predicted octanol–water partition coefficient (Wildman–Crippen LogP) is 1.90. The van der Waals surface area contributed by atoms with Crippen LogP contribution in [0.4, 0.5) is 0 Å². The first-order valence-electron chi connectivity index (χ1n) is 7.12. The Balaban J connectivity index is 1.80. The van der Waals surface area contributed by atoms with Crippen LogP contribution < -0.4 is 0 Å². The van der Waals surface area contributed by atoms with E-state index in [1.807, 2.05) is 0 Å². The molecule has 0 atom stereocenters. The molecule has 8 heteroatoms. The molecule has 3 rings (SSSR count). The number of carbonyl (C=O) groups excluding carboxylic acids is 1. The molecule has 1 aliphatic rings. The lowest BCUT2D eigenvalue weighted by atomic mass is 10.0. The predicted molar refractivity (Wildman–Crippen MR) is 87.3 cm³/mol. The fraction of sp³-hybridized carbons (Fsp3) is 0.500. The second kappa shape index (κ2) is 6.34. The second-order valence-corrected chi connectivity index (χ2v) is 6.74. The SMILES string of the molecule is CSCCc1n[nH]c2c1CN(C(=O)c1nn(C)cc1Cl)CC2. The first-order chi connectivity index (χ1) is 10.6. The molecular formula is C14H18ClN5OS. The molecule has 1 N–H and O–H groups in total. The summed E-state index contributed by atoms with van der Waals surface area (Å²) in [6.07, 6.45) is 5.43. The van der Waals surface area contributed by atoms with Gasteiger partial charge in [-0.3, -0.25) is 14.6 Å². The smallest absolute Gasteiger partial charge is 0.276 e. The standard InChI is InChI=1S/C14H18ClN5OS/c1-19-8-10(15)13(18-19)14(21)20-5-3-11-9(7-20)12(17-16-11)4-6-22-2/h8H,3-7H2,1-2H3,(H,16,17). The Kier molecular flexibility index (Phi) is 4.44. The Morgan fingerprint density at radius 1 is 1.55 bits per heavy atom. The molecule has 0 aliphatic carbocycles. The summed E-state index contributed by atoms with van der Waals surface area (Å²) in [6.45, 7) is 1.23. The topological polar surface area (TPSA) is 66.8 Å². The van der Waals surface area contributed by atoms with E-state index < -0.39 is 0 Å². The lowest BCUT2D eigenvalue weighted by Crippen LogP contribution is -2.36. The number of aromatic nitrogens is 4. The zero-order chi connectivity index (χ0) is 15.7. The summed E-state index contributed by atoms with van der Waals surface area (Å²) in [5.74, 6) is 0.908. The van der Waals surface area contributed by atoms with Gasteiger partial charge in [-0.25, -0.2) is 0 Å². The lowest BCUT2D eigenvalue weighted by Gasteiger charge is -2.26. The number of aryl methyl sites for hydroxylation is 2. The van der Waals surface area contributed by atoms with Crippen molar-refractivity contribution in [1.29, 1.82) is 0 Å². The van der Waals surface area contributed by atoms with Crippen LogP contribution in [0.1, 0.15) is 27.4 Å². The highest BCUT2D eigenvalue weighted by atomic mass is 35.5. The molecule has 0 saturated heterocycles. The van der Waals surface area contributed by atoms with Gasteiger partial charge in [-0.05, 0) is 12.0 Å². The van der Waals surface area contributed by atoms with Crippen LogP contribution in [-0.4, -0.2) is 49.3 Å². The number of hydrogen-bond donors (Lipinski definition) is 1. The van der Waals surface area contributed by atoms with Crippen LogP contribution >= 0.6 is 23.4 Å². The zero-order valence-corrected chi connectivity index (χ0v) is 14.2. The summed E-state index contributed by atoms with van der Waals surface area (Å²) in [7, 11) is 1.76. The number of rotatable bonds is 4. The number of amides is 1. The number of fused-ring (bicyclic) bond motifs is 1. The molecule has 2 aromatic heterocycles. The van der Waals surface area contributed by atoms with Gasteiger partial charge in [0.2, 0.25) is 0 Å². The third-order valence-corrected chi connectivity index (χ3v) is 4.73. The van der Waals surface area contributed by atoms with Crippen LogP contribution in [-0.2, 0) is 26.4 Å². The van der Waals surface area contributed by atoms with Crippen molar-refractivity contribution in [3.63, 3.8) is 0 Å². The highest BCUT2D eigenvalue weighted by Gasteiger charge is 2.28. The third-order valence-electron chi connectivity index (χ3n) is 3.84. The van der Waals surface area contributed by atoms with Crippen LogP contribution in [0.5, 0.6) is 0 Å². The molecule has 0 saturated carbocycles. The van der Waals surface area contributed by atoms with Gasteiger partial charge in [-0.15, -0.1) is 0 Å². The molecule has 3 heterocycles. The molecule has 2 aromatic rings. The van der Waals surface area contributed by atoms with Gasteiger partial charge < -0.3 is 4.90 Å². The Morgan fingerprint density at radius 2 is 2.36 bits per heavy atom. The van der Waals surface area contributed by atoms with Crippen LogP contribution in [0.15, 0.2) is 6.20 Å². The van der Waals surface area contributed by atoms with Crippen molar-refractivity contribution in [3.05, 3.63) is 33.9 Å². The van der Waals surface area contributed by atoms with E-state index in [2.05, 4.69) is 21.6 Å². The average Bonchev–Trinajstić information content (AvgIpc) is 3.06. The first-order valence-corrected chi connectivity index (χ1v) is 8.89. The maximum Gasteiger partial charge on any atom is 0.276 e. The molecule has 1 aliphatic heterocycles. The number of nitrogens with one attached hydrogen (secondary N) is 1. The normalized spacial score (nSPS) is 14.2. The Morgan fingerprint density at radius 3 is 3.05 bits per heavy atom. The minimum atomic E-state index is -0.117. The highest BCUT2D eigenvalue weighted by Crippen LogP contribution is 2.24. The number of halogens is 1. The maximum absolute atomic E-state index is 12.6. The summed E-state index contributed by atoms with van der Waals surface area (Å²) < 4.78 is 1.56. The molecule has 0 spiro atoms. The van der Waals surface area contributed by atoms with Crippen molar-refractivity contribution in [2.24, 2.45) is 7.05 Å². The number of nitrogens with zero attached hydrogens (tertiary/aromatic N) is 4. The van der Waals surface area contributed by atoms with Gasteiger partial charge in [0.05, 0.1) is 10.7 Å². The van der Waals surface area contributed by atoms with Gasteiger partial charge in [0.25, 0.3) is 5.91 Å². The van der Waals surface area contributed by atoms with Gasteiger partial charge in [-0.1, -0.05) is 11.6 Å². The van der Waals surface area contributed by atoms with E-state index in [9.17, 15) is 4.79 Å². The Hall–Kier alpha value is -1.47. The van der Waals surface area contributed by atoms with Crippen molar-refractivity contribution in [2.75, 3.05) is 18.6 Å². The van der Waals surface area contributed by atoms with Gasteiger partial charge in [0.1, 0.15) is 0 Å². The van der Waals surface area contributed by atoms with Crippen molar-refractivity contribution in [1.82, 2.24) is 24.9 Å². The molecule has 118 valence electrons. The summed E-state index contributed by atoms with van der Waals surface area (Å²) in [4.78, 5) is 14.4. The van der Waals surface area contributed by atoms with E-state index in [4.69, 9.17) is 11.6 Å². The van der Waals surface area contributed by atoms with Crippen molar-refractivity contribution in [2.45, 2.75) is 19.4 Å². The van der Waals surface area contributed by atoms with Crippen molar-refractivity contribution >= 4 is 29.3 Å². The van der Waals surface area contributed by atoms with Crippen LogP contribution in [0, 0.1) is 0 Å².